The molecule has 1 nitrogen and oxygen atoms in total. The van der Waals surface area contributed by atoms with Crippen molar-refractivity contribution >= 4 is 50.0 Å². The number of aryl methyl sites for hydroxylation is 1. The highest BCUT2D eigenvalue weighted by atomic mass is 79.9. The minimum atomic E-state index is 0.241. The smallest absolute Gasteiger partial charge is 0.0704 e. The number of unbranched alkanes of at least 4 members (excludes halogenated alkanes) is 1. The first-order chi connectivity index (χ1) is 29.5. The molecule has 5 atom stereocenters. The molecule has 2 fully saturated rings. The van der Waals surface area contributed by atoms with Crippen LogP contribution in [0.4, 0.5) is 0 Å². The molecule has 0 N–H and O–H groups in total. The third-order valence-electron chi connectivity index (χ3n) is 13.8. The SMILES string of the molecule is C=CC(C)C(C)CC.CBr.CC1C(C(C)(C)Cc2ccnc3ccc(C4CCC4)cc23)[C@@H]1C.CCCC.CCc1c(Cl)cccc1Cl.CCc1cc(C(C)(C)C)cc(C(C)(C)C)c1. The topological polar surface area (TPSA) is 12.9 Å². The highest BCUT2D eigenvalue weighted by Crippen LogP contribution is 2.57. The molecule has 0 spiro atoms. The molecule has 4 aromatic rings. The minimum Gasteiger partial charge on any atom is -0.256 e. The van der Waals surface area contributed by atoms with Crippen LogP contribution in [0.1, 0.15) is 196 Å². The van der Waals surface area contributed by atoms with Crippen molar-refractivity contribution < 1.29 is 0 Å². The molecule has 0 saturated heterocycles. The number of allylic oxidation sites excluding steroid dienone is 1. The summed E-state index contributed by atoms with van der Waals surface area (Å²) in [5.41, 5.74) is 10.4. The van der Waals surface area contributed by atoms with Gasteiger partial charge in [-0.3, -0.25) is 4.98 Å². The first kappa shape index (κ1) is 58.9. The zero-order valence-electron chi connectivity index (χ0n) is 43.5. The van der Waals surface area contributed by atoms with Gasteiger partial charge in [-0.25, -0.2) is 0 Å². The Kier molecular flexibility index (Phi) is 26.3. The summed E-state index contributed by atoms with van der Waals surface area (Å²) in [6.45, 7) is 42.5. The van der Waals surface area contributed by atoms with E-state index in [0.717, 1.165) is 58.0 Å². The van der Waals surface area contributed by atoms with Crippen molar-refractivity contribution in [2.45, 2.75) is 192 Å². The molecule has 6 rings (SSSR count). The van der Waals surface area contributed by atoms with Crippen LogP contribution in [0, 0.1) is 35.0 Å². The number of fused-ring (bicyclic) bond motifs is 1. The monoisotopic (exact) mass is 964 g/mol. The van der Waals surface area contributed by atoms with E-state index in [9.17, 15) is 0 Å². The van der Waals surface area contributed by atoms with Crippen LogP contribution in [-0.2, 0) is 30.1 Å². The maximum Gasteiger partial charge on any atom is 0.0704 e. The molecule has 354 valence electrons. The summed E-state index contributed by atoms with van der Waals surface area (Å²) in [5, 5.41) is 2.91. The molecule has 1 heterocycles. The Hall–Kier alpha value is -2.13. The third kappa shape index (κ3) is 18.9. The van der Waals surface area contributed by atoms with Gasteiger partial charge in [0.2, 0.25) is 0 Å². The molecule has 2 aliphatic carbocycles. The second kappa shape index (κ2) is 28.1. The van der Waals surface area contributed by atoms with Gasteiger partial charge in [0.1, 0.15) is 0 Å². The van der Waals surface area contributed by atoms with Crippen LogP contribution >= 0.6 is 39.1 Å². The van der Waals surface area contributed by atoms with Gasteiger partial charge in [-0.2, -0.15) is 0 Å². The van der Waals surface area contributed by atoms with Crippen LogP contribution < -0.4 is 0 Å². The number of nitrogens with zero attached hydrogens (tertiary/aromatic N) is 1. The van der Waals surface area contributed by atoms with E-state index in [1.807, 2.05) is 43.2 Å². The average Bonchev–Trinajstić information content (AvgIpc) is 3.86. The Morgan fingerprint density at radius 1 is 0.746 bits per heavy atom. The predicted octanol–water partition coefficient (Wildman–Crippen LogP) is 20.0. The summed E-state index contributed by atoms with van der Waals surface area (Å²) in [7, 11) is 0. The first-order valence-electron chi connectivity index (χ1n) is 24.5. The maximum atomic E-state index is 5.85. The summed E-state index contributed by atoms with van der Waals surface area (Å²) in [4.78, 5) is 4.61. The zero-order valence-corrected chi connectivity index (χ0v) is 46.6. The second-order valence-electron chi connectivity index (χ2n) is 21.1. The standard InChI is InChI=1S/C22H29N.C16H26.C8H8Cl2.C8H16.C4H10.CH3Br/c1-14-15(2)21(14)22(3,4)13-18-10-11-23-20-9-8-17(12-19(18)20)16-6-5-7-16;1-8-12-9-13(15(2,3)4)11-14(10-12)16(5,6)7;1-2-6-7(9)4-3-5-8(6)10;1-5-7(3)8(4)6-2;1-3-4-2;1-2/h8-12,14-16,21H,5-7,13H2,1-4H3;9-11H,8H2,1-7H3;3-5H,2H2,1H3;5,7-8H,1,6H2,2-4H3;3-4H2,1-2H3;1H3/t14-,15?,21?;;;;;/m1...../s1. The van der Waals surface area contributed by atoms with E-state index in [1.54, 1.807) is 0 Å². The fraction of sp³-hybridized carbons (Fsp3) is 0.610. The fourth-order valence-electron chi connectivity index (χ4n) is 8.30. The number of benzene rings is 3. The molecule has 2 saturated carbocycles. The molecule has 4 unspecified atom stereocenters. The third-order valence-corrected chi connectivity index (χ3v) is 14.5. The van der Waals surface area contributed by atoms with E-state index in [4.69, 9.17) is 23.2 Å². The van der Waals surface area contributed by atoms with Gasteiger partial charge in [0.15, 0.2) is 0 Å². The van der Waals surface area contributed by atoms with Gasteiger partial charge in [0.05, 0.1) is 5.52 Å². The van der Waals surface area contributed by atoms with Crippen molar-refractivity contribution in [2.75, 3.05) is 5.83 Å². The van der Waals surface area contributed by atoms with Gasteiger partial charge in [0, 0.05) is 21.6 Å². The van der Waals surface area contributed by atoms with E-state index < -0.39 is 0 Å². The molecular formula is C59H92BrCl2N. The van der Waals surface area contributed by atoms with Gasteiger partial charge < -0.3 is 0 Å². The maximum absolute atomic E-state index is 5.85. The Bertz CT molecular complexity index is 1850. The molecule has 0 bridgehead atoms. The molecule has 4 heteroatoms. The molecule has 0 aliphatic heterocycles. The molecule has 0 amide bonds. The Morgan fingerprint density at radius 3 is 1.62 bits per heavy atom. The van der Waals surface area contributed by atoms with Crippen LogP contribution in [0.15, 0.2) is 79.5 Å². The average molecular weight is 966 g/mol. The Labute approximate surface area is 408 Å². The van der Waals surface area contributed by atoms with E-state index in [1.165, 1.54) is 83.7 Å². The summed E-state index contributed by atoms with van der Waals surface area (Å²) in [6, 6.07) is 21.9. The second-order valence-corrected chi connectivity index (χ2v) is 21.9. The number of pyridine rings is 1. The Balaban J connectivity index is 0.000000433. The summed E-state index contributed by atoms with van der Waals surface area (Å²) in [6.07, 6.45) is 15.2. The normalized spacial score (nSPS) is 17.8. The van der Waals surface area contributed by atoms with Crippen LogP contribution in [-0.4, -0.2) is 10.8 Å². The lowest BCUT2D eigenvalue weighted by atomic mass is 9.77. The fourth-order valence-corrected chi connectivity index (χ4v) is 8.97. The van der Waals surface area contributed by atoms with Crippen molar-refractivity contribution in [2.24, 2.45) is 35.0 Å². The lowest BCUT2D eigenvalue weighted by Gasteiger charge is -2.28. The zero-order chi connectivity index (χ0) is 48.3. The van der Waals surface area contributed by atoms with E-state index >= 15 is 0 Å². The van der Waals surface area contributed by atoms with Crippen LogP contribution in [0.5, 0.6) is 0 Å². The van der Waals surface area contributed by atoms with Crippen molar-refractivity contribution in [1.29, 1.82) is 0 Å². The summed E-state index contributed by atoms with van der Waals surface area (Å²) < 4.78 is 0. The number of hydrogen-bond acceptors (Lipinski definition) is 1. The van der Waals surface area contributed by atoms with Gasteiger partial charge in [-0.05, 0) is 153 Å². The number of halogens is 3. The molecule has 1 aromatic heterocycles. The Morgan fingerprint density at radius 2 is 1.27 bits per heavy atom. The molecule has 0 radical (unpaired) electrons. The minimum absolute atomic E-state index is 0.241. The summed E-state index contributed by atoms with van der Waals surface area (Å²) >= 11 is 14.6. The number of hydrogen-bond donors (Lipinski definition) is 0. The van der Waals surface area contributed by atoms with Gasteiger partial charge in [-0.1, -0.05) is 219 Å². The quantitative estimate of drug-likeness (QED) is 0.114. The molecule has 3 aromatic carbocycles. The van der Waals surface area contributed by atoms with Crippen LogP contribution in [0.3, 0.4) is 0 Å². The van der Waals surface area contributed by atoms with Crippen molar-refractivity contribution in [3.63, 3.8) is 0 Å². The van der Waals surface area contributed by atoms with Gasteiger partial charge >= 0.3 is 0 Å². The molecule has 63 heavy (non-hydrogen) atoms. The largest absolute Gasteiger partial charge is 0.256 e. The van der Waals surface area contributed by atoms with E-state index in [0.29, 0.717) is 11.3 Å². The van der Waals surface area contributed by atoms with Crippen molar-refractivity contribution in [1.82, 2.24) is 4.98 Å². The van der Waals surface area contributed by atoms with Gasteiger partial charge in [0.25, 0.3) is 0 Å². The van der Waals surface area contributed by atoms with E-state index in [2.05, 4.69) is 181 Å². The number of alkyl halides is 1. The van der Waals surface area contributed by atoms with Crippen LogP contribution in [0.25, 0.3) is 10.9 Å². The highest BCUT2D eigenvalue weighted by molar-refractivity contribution is 9.08. The molecule has 2 aliphatic rings. The first-order valence-corrected chi connectivity index (χ1v) is 26.8. The summed E-state index contributed by atoms with van der Waals surface area (Å²) in [5.74, 6) is 6.71. The van der Waals surface area contributed by atoms with Gasteiger partial charge in [-0.15, -0.1) is 6.58 Å². The van der Waals surface area contributed by atoms with Crippen LogP contribution in [0.2, 0.25) is 10.0 Å². The molecular weight excluding hydrogens is 873 g/mol. The lowest BCUT2D eigenvalue weighted by molar-refractivity contribution is 0.284. The number of aromatic nitrogens is 1. The number of rotatable bonds is 10. The highest BCUT2D eigenvalue weighted by Gasteiger charge is 2.51. The van der Waals surface area contributed by atoms with Crippen molar-refractivity contribution in [3.05, 3.63) is 123 Å². The van der Waals surface area contributed by atoms with E-state index in [-0.39, 0.29) is 10.8 Å². The lowest BCUT2D eigenvalue weighted by Crippen LogP contribution is -2.19. The van der Waals surface area contributed by atoms with Crippen molar-refractivity contribution in [3.8, 4) is 0 Å². The predicted molar refractivity (Wildman–Crippen MR) is 291 cm³/mol.